The number of halogens is 1. The zero-order valence-electron chi connectivity index (χ0n) is 16.5. The lowest BCUT2D eigenvalue weighted by molar-refractivity contribution is -0.118. The van der Waals surface area contributed by atoms with Gasteiger partial charge in [0.05, 0.1) is 0 Å². The third kappa shape index (κ3) is 4.27. The number of aryl methyl sites for hydroxylation is 1. The Morgan fingerprint density at radius 2 is 2.21 bits per heavy atom. The van der Waals surface area contributed by atoms with Crippen molar-refractivity contribution >= 4 is 11.6 Å². The van der Waals surface area contributed by atoms with Gasteiger partial charge in [-0.2, -0.15) is 0 Å². The Morgan fingerprint density at radius 1 is 1.39 bits per heavy atom. The number of amides is 1. The maximum Gasteiger partial charge on any atom is 0.228 e. The second-order valence-electron chi connectivity index (χ2n) is 8.35. The highest BCUT2D eigenvalue weighted by atomic mass is 19.1. The van der Waals surface area contributed by atoms with Crippen LogP contribution in [-0.4, -0.2) is 33.9 Å². The first-order chi connectivity index (χ1) is 13.6. The molecule has 1 amide bonds. The summed E-state index contributed by atoms with van der Waals surface area (Å²) >= 11 is 0. The van der Waals surface area contributed by atoms with Gasteiger partial charge < -0.3 is 10.3 Å². The van der Waals surface area contributed by atoms with Crippen LogP contribution in [0.4, 0.5) is 10.1 Å². The Morgan fingerprint density at radius 3 is 2.96 bits per heavy atom. The Hall–Kier alpha value is -2.21. The number of carbonyl (C=O) groups is 1. The number of aromatic nitrogens is 2. The summed E-state index contributed by atoms with van der Waals surface area (Å²) in [6.07, 6.45) is 8.36. The highest BCUT2D eigenvalue weighted by molar-refractivity contribution is 5.95. The van der Waals surface area contributed by atoms with E-state index in [1.807, 2.05) is 6.20 Å². The van der Waals surface area contributed by atoms with Gasteiger partial charge >= 0.3 is 0 Å². The van der Waals surface area contributed by atoms with Crippen LogP contribution in [0.15, 0.2) is 30.5 Å². The third-order valence-corrected chi connectivity index (χ3v) is 6.29. The van der Waals surface area contributed by atoms with Crippen LogP contribution in [0.5, 0.6) is 0 Å². The molecular formula is C22H29FN4O. The van der Waals surface area contributed by atoms with Crippen LogP contribution in [0, 0.1) is 17.2 Å². The summed E-state index contributed by atoms with van der Waals surface area (Å²) in [5.41, 5.74) is 1.87. The van der Waals surface area contributed by atoms with E-state index in [0.29, 0.717) is 5.69 Å². The van der Waals surface area contributed by atoms with Crippen LogP contribution >= 0.6 is 0 Å². The standard InChI is InChI=1S/C22H29FN4O/c1-2-3-7-20-24-14-18(25-20)15-27-10-8-22(9-11-27)13-19(22)21(28)26-17-6-4-5-16(23)12-17/h4-6,12,14,19H,2-3,7-11,13,15H2,1H3,(H,24,25)(H,26,28)/t19-/m1/s1. The van der Waals surface area contributed by atoms with Crippen molar-refractivity contribution < 1.29 is 9.18 Å². The summed E-state index contributed by atoms with van der Waals surface area (Å²) in [5, 5.41) is 2.88. The number of nitrogens with one attached hydrogen (secondary N) is 2. The summed E-state index contributed by atoms with van der Waals surface area (Å²) in [5.74, 6) is 0.855. The normalized spacial score (nSPS) is 21.0. The van der Waals surface area contributed by atoms with Gasteiger partial charge in [0, 0.05) is 36.5 Å². The minimum atomic E-state index is -0.326. The van der Waals surface area contributed by atoms with Gasteiger partial charge in [-0.1, -0.05) is 19.4 Å². The number of unbranched alkanes of at least 4 members (excludes halogenated alkanes) is 1. The predicted octanol–water partition coefficient (Wildman–Crippen LogP) is 4.13. The lowest BCUT2D eigenvalue weighted by Gasteiger charge is -2.32. The quantitative estimate of drug-likeness (QED) is 0.754. The van der Waals surface area contributed by atoms with Crippen molar-refractivity contribution in [2.45, 2.75) is 52.0 Å². The van der Waals surface area contributed by atoms with Gasteiger partial charge in [-0.15, -0.1) is 0 Å². The summed E-state index contributed by atoms with van der Waals surface area (Å²) in [7, 11) is 0. The van der Waals surface area contributed by atoms with Crippen molar-refractivity contribution in [3.8, 4) is 0 Å². The van der Waals surface area contributed by atoms with E-state index in [9.17, 15) is 9.18 Å². The predicted molar refractivity (Wildman–Crippen MR) is 107 cm³/mol. The van der Waals surface area contributed by atoms with E-state index in [1.54, 1.807) is 12.1 Å². The first kappa shape index (κ1) is 19.1. The monoisotopic (exact) mass is 384 g/mol. The van der Waals surface area contributed by atoms with Crippen molar-refractivity contribution in [3.63, 3.8) is 0 Å². The molecule has 2 heterocycles. The van der Waals surface area contributed by atoms with Crippen LogP contribution in [0.3, 0.4) is 0 Å². The number of aromatic amines is 1. The molecule has 2 fully saturated rings. The fraction of sp³-hybridized carbons (Fsp3) is 0.545. The number of nitrogens with zero attached hydrogens (tertiary/aromatic N) is 2. The average Bonchev–Trinajstić information content (AvgIpc) is 3.20. The minimum absolute atomic E-state index is 0.0354. The fourth-order valence-electron chi connectivity index (χ4n) is 4.42. The smallest absolute Gasteiger partial charge is 0.228 e. The number of benzene rings is 1. The molecule has 150 valence electrons. The van der Waals surface area contributed by atoms with Crippen molar-refractivity contribution in [3.05, 3.63) is 47.8 Å². The Bertz CT molecular complexity index is 825. The molecule has 2 aromatic rings. The van der Waals surface area contributed by atoms with Crippen molar-refractivity contribution in [2.75, 3.05) is 18.4 Å². The number of anilines is 1. The maximum absolute atomic E-state index is 13.3. The molecule has 28 heavy (non-hydrogen) atoms. The van der Waals surface area contributed by atoms with Crippen molar-refractivity contribution in [1.82, 2.24) is 14.9 Å². The molecule has 1 spiro atoms. The highest BCUT2D eigenvalue weighted by Gasteiger charge is 2.58. The molecule has 0 bridgehead atoms. The number of likely N-dealkylation sites (tertiary alicyclic amines) is 1. The molecule has 6 heteroatoms. The van der Waals surface area contributed by atoms with Gasteiger partial charge in [0.25, 0.3) is 0 Å². The molecule has 5 nitrogen and oxygen atoms in total. The molecule has 1 atom stereocenters. The van der Waals surface area contributed by atoms with Gasteiger partial charge in [0.15, 0.2) is 0 Å². The Labute approximate surface area is 165 Å². The number of H-pyrrole nitrogens is 1. The molecule has 1 aromatic heterocycles. The Balaban J connectivity index is 1.25. The molecule has 1 aromatic carbocycles. The lowest BCUT2D eigenvalue weighted by Crippen LogP contribution is -2.35. The van der Waals surface area contributed by atoms with Gasteiger partial charge in [-0.3, -0.25) is 9.69 Å². The number of rotatable bonds is 7. The number of piperidine rings is 1. The largest absolute Gasteiger partial charge is 0.345 e. The van der Waals surface area contributed by atoms with Crippen LogP contribution in [-0.2, 0) is 17.8 Å². The molecule has 1 saturated heterocycles. The molecular weight excluding hydrogens is 355 g/mol. The van der Waals surface area contributed by atoms with E-state index in [-0.39, 0.29) is 23.1 Å². The number of imidazole rings is 1. The molecule has 2 aliphatic rings. The van der Waals surface area contributed by atoms with Gasteiger partial charge in [0.1, 0.15) is 11.6 Å². The number of hydrogen-bond donors (Lipinski definition) is 2. The van der Waals surface area contributed by atoms with Crippen molar-refractivity contribution in [2.24, 2.45) is 11.3 Å². The summed E-state index contributed by atoms with van der Waals surface area (Å²) in [6.45, 7) is 5.10. The second kappa shape index (κ2) is 8.03. The van der Waals surface area contributed by atoms with Gasteiger partial charge in [-0.25, -0.2) is 9.37 Å². The first-order valence-electron chi connectivity index (χ1n) is 10.4. The molecule has 2 N–H and O–H groups in total. The molecule has 1 saturated carbocycles. The second-order valence-corrected chi connectivity index (χ2v) is 8.35. The molecule has 1 aliphatic carbocycles. The average molecular weight is 384 g/mol. The first-order valence-corrected chi connectivity index (χ1v) is 10.4. The molecule has 1 aliphatic heterocycles. The van der Waals surface area contributed by atoms with Crippen LogP contribution in [0.1, 0.15) is 50.5 Å². The maximum atomic E-state index is 13.3. The van der Waals surface area contributed by atoms with Crippen LogP contribution in [0.25, 0.3) is 0 Å². The topological polar surface area (TPSA) is 61.0 Å². The van der Waals surface area contributed by atoms with Crippen molar-refractivity contribution in [1.29, 1.82) is 0 Å². The van der Waals surface area contributed by atoms with Crippen LogP contribution < -0.4 is 5.32 Å². The highest BCUT2D eigenvalue weighted by Crippen LogP contribution is 2.59. The Kier molecular flexibility index (Phi) is 5.49. The van der Waals surface area contributed by atoms with E-state index in [4.69, 9.17) is 0 Å². The van der Waals surface area contributed by atoms with E-state index >= 15 is 0 Å². The van der Waals surface area contributed by atoms with E-state index in [0.717, 1.165) is 57.6 Å². The van der Waals surface area contributed by atoms with E-state index in [2.05, 4.69) is 27.1 Å². The SMILES string of the molecule is CCCCc1ncc(CN2CCC3(CC2)C[C@@H]3C(=O)Nc2cccc(F)c2)[nH]1. The van der Waals surface area contributed by atoms with E-state index < -0.39 is 0 Å². The minimum Gasteiger partial charge on any atom is -0.345 e. The number of hydrogen-bond acceptors (Lipinski definition) is 3. The van der Waals surface area contributed by atoms with E-state index in [1.165, 1.54) is 24.2 Å². The third-order valence-electron chi connectivity index (χ3n) is 6.29. The van der Waals surface area contributed by atoms with Gasteiger partial charge in [-0.05, 0) is 62.4 Å². The fourth-order valence-corrected chi connectivity index (χ4v) is 4.42. The lowest BCUT2D eigenvalue weighted by atomic mass is 9.90. The molecule has 0 unspecified atom stereocenters. The summed E-state index contributed by atoms with van der Waals surface area (Å²) in [6, 6.07) is 6.11. The molecule has 0 radical (unpaired) electrons. The molecule has 4 rings (SSSR count). The van der Waals surface area contributed by atoms with Gasteiger partial charge in [0.2, 0.25) is 5.91 Å². The zero-order valence-corrected chi connectivity index (χ0v) is 16.5. The summed E-state index contributed by atoms with van der Waals surface area (Å²) in [4.78, 5) is 22.9. The zero-order chi connectivity index (χ0) is 19.6. The van der Waals surface area contributed by atoms with Crippen LogP contribution in [0.2, 0.25) is 0 Å². The summed E-state index contributed by atoms with van der Waals surface area (Å²) < 4.78 is 13.3. The number of carbonyl (C=O) groups excluding carboxylic acids is 1.